The van der Waals surface area contributed by atoms with Crippen LogP contribution in [0.5, 0.6) is 0 Å². The predicted octanol–water partition coefficient (Wildman–Crippen LogP) is 2.43. The maximum absolute atomic E-state index is 12.2. The van der Waals surface area contributed by atoms with E-state index in [-0.39, 0.29) is 29.7 Å². The largest absolute Gasteiger partial charge is 0.354 e. The van der Waals surface area contributed by atoms with E-state index in [4.69, 9.17) is 0 Å². The second kappa shape index (κ2) is 7.62. The van der Waals surface area contributed by atoms with E-state index in [2.05, 4.69) is 22.8 Å². The summed E-state index contributed by atoms with van der Waals surface area (Å²) in [5.41, 5.74) is 1.18. The summed E-state index contributed by atoms with van der Waals surface area (Å²) in [5, 5.41) is 6.18. The summed E-state index contributed by atoms with van der Waals surface area (Å²) in [7, 11) is 0. The first kappa shape index (κ1) is 16.0. The van der Waals surface area contributed by atoms with E-state index in [1.54, 1.807) is 0 Å². The van der Waals surface area contributed by atoms with Crippen LogP contribution in [-0.4, -0.2) is 24.4 Å². The van der Waals surface area contributed by atoms with Crippen LogP contribution >= 0.6 is 0 Å². The molecule has 2 fully saturated rings. The van der Waals surface area contributed by atoms with E-state index in [0.717, 1.165) is 44.9 Å². The van der Waals surface area contributed by atoms with E-state index >= 15 is 0 Å². The molecule has 0 heterocycles. The van der Waals surface area contributed by atoms with Gasteiger partial charge in [0.25, 0.3) is 0 Å². The van der Waals surface area contributed by atoms with E-state index < -0.39 is 0 Å². The standard InChI is InChI=1S/C19H26N2O2/c22-18(15-8-4-9-15)20-13-17(12-14-6-2-1-3-7-14)21-19(23)16-10-5-11-16/h1-3,6-7,15-17H,4-5,8-13H2,(H,20,22)(H,21,23)/t17-/m0/s1. The molecule has 1 aromatic rings. The minimum Gasteiger partial charge on any atom is -0.354 e. The number of carbonyl (C=O) groups is 2. The number of carbonyl (C=O) groups excluding carboxylic acids is 2. The molecule has 1 aromatic carbocycles. The minimum absolute atomic E-state index is 0.0328. The van der Waals surface area contributed by atoms with E-state index in [0.29, 0.717) is 6.54 Å². The average molecular weight is 314 g/mol. The first-order chi connectivity index (χ1) is 11.2. The molecule has 2 N–H and O–H groups in total. The molecular formula is C19H26N2O2. The molecule has 1 atom stereocenters. The first-order valence-corrected chi connectivity index (χ1v) is 8.84. The lowest BCUT2D eigenvalue weighted by Crippen LogP contribution is -2.49. The maximum atomic E-state index is 12.2. The Kier molecular flexibility index (Phi) is 5.31. The van der Waals surface area contributed by atoms with Crippen molar-refractivity contribution in [1.29, 1.82) is 0 Å². The Morgan fingerprint density at radius 3 is 2.13 bits per heavy atom. The number of nitrogens with one attached hydrogen (secondary N) is 2. The van der Waals surface area contributed by atoms with Gasteiger partial charge in [-0.05, 0) is 37.7 Å². The predicted molar refractivity (Wildman–Crippen MR) is 89.8 cm³/mol. The molecule has 2 aliphatic rings. The molecule has 0 spiro atoms. The van der Waals surface area contributed by atoms with Gasteiger partial charge >= 0.3 is 0 Å². The molecule has 3 rings (SSSR count). The highest BCUT2D eigenvalue weighted by molar-refractivity contribution is 5.81. The molecule has 4 heteroatoms. The van der Waals surface area contributed by atoms with Gasteiger partial charge in [0.1, 0.15) is 0 Å². The Balaban J connectivity index is 1.55. The summed E-state index contributed by atoms with van der Waals surface area (Å²) in [6.45, 7) is 0.517. The smallest absolute Gasteiger partial charge is 0.223 e. The van der Waals surface area contributed by atoms with Crippen molar-refractivity contribution >= 4 is 11.8 Å². The van der Waals surface area contributed by atoms with E-state index in [1.165, 1.54) is 5.56 Å². The number of rotatable bonds is 7. The minimum atomic E-state index is -0.0328. The van der Waals surface area contributed by atoms with Crippen molar-refractivity contribution in [2.45, 2.75) is 51.0 Å². The highest BCUT2D eigenvalue weighted by atomic mass is 16.2. The summed E-state index contributed by atoms with van der Waals surface area (Å²) in [4.78, 5) is 24.3. The van der Waals surface area contributed by atoms with Crippen LogP contribution in [0.15, 0.2) is 30.3 Å². The molecule has 4 nitrogen and oxygen atoms in total. The zero-order valence-electron chi connectivity index (χ0n) is 13.6. The van der Waals surface area contributed by atoms with Crippen LogP contribution in [0.4, 0.5) is 0 Å². The molecule has 0 aromatic heterocycles. The van der Waals surface area contributed by atoms with Gasteiger partial charge < -0.3 is 10.6 Å². The molecule has 0 bridgehead atoms. The molecule has 2 amide bonds. The van der Waals surface area contributed by atoms with Crippen molar-refractivity contribution in [2.24, 2.45) is 11.8 Å². The molecule has 0 radical (unpaired) electrons. The lowest BCUT2D eigenvalue weighted by atomic mass is 9.84. The van der Waals surface area contributed by atoms with Gasteiger partial charge in [0.15, 0.2) is 0 Å². The van der Waals surface area contributed by atoms with Crippen molar-refractivity contribution in [3.8, 4) is 0 Å². The third-order valence-electron chi connectivity index (χ3n) is 5.15. The van der Waals surface area contributed by atoms with Crippen LogP contribution in [0.1, 0.15) is 44.1 Å². The van der Waals surface area contributed by atoms with Gasteiger partial charge in [0, 0.05) is 18.4 Å². The molecule has 0 unspecified atom stereocenters. The van der Waals surface area contributed by atoms with Gasteiger partial charge in [-0.2, -0.15) is 0 Å². The van der Waals surface area contributed by atoms with Gasteiger partial charge in [-0.25, -0.2) is 0 Å². The highest BCUT2D eigenvalue weighted by Gasteiger charge is 2.28. The summed E-state index contributed by atoms with van der Waals surface area (Å²) in [6.07, 6.45) is 7.07. The van der Waals surface area contributed by atoms with Crippen LogP contribution in [0.3, 0.4) is 0 Å². The number of amides is 2. The quantitative estimate of drug-likeness (QED) is 0.812. The van der Waals surface area contributed by atoms with E-state index in [9.17, 15) is 9.59 Å². The first-order valence-electron chi connectivity index (χ1n) is 8.84. The third kappa shape index (κ3) is 4.34. The monoisotopic (exact) mass is 314 g/mol. The fourth-order valence-electron chi connectivity index (χ4n) is 3.10. The Morgan fingerprint density at radius 1 is 0.957 bits per heavy atom. The van der Waals surface area contributed by atoms with Crippen molar-refractivity contribution < 1.29 is 9.59 Å². The summed E-state index contributed by atoms with van der Waals surface area (Å²) < 4.78 is 0. The second-order valence-corrected chi connectivity index (χ2v) is 6.90. The summed E-state index contributed by atoms with van der Waals surface area (Å²) >= 11 is 0. The van der Waals surface area contributed by atoms with Gasteiger partial charge in [0.2, 0.25) is 11.8 Å². The molecule has 23 heavy (non-hydrogen) atoms. The SMILES string of the molecule is O=C(NC[C@H](Cc1ccccc1)NC(=O)C1CCC1)C1CCC1. The molecule has 0 aliphatic heterocycles. The second-order valence-electron chi connectivity index (χ2n) is 6.90. The Morgan fingerprint density at radius 2 is 1.57 bits per heavy atom. The highest BCUT2D eigenvalue weighted by Crippen LogP contribution is 2.27. The fourth-order valence-corrected chi connectivity index (χ4v) is 3.10. The van der Waals surface area contributed by atoms with Gasteiger partial charge in [0.05, 0.1) is 6.04 Å². The van der Waals surface area contributed by atoms with Crippen molar-refractivity contribution in [2.75, 3.05) is 6.54 Å². The van der Waals surface area contributed by atoms with Crippen LogP contribution in [0.25, 0.3) is 0 Å². The summed E-state index contributed by atoms with van der Waals surface area (Å²) in [5.74, 6) is 0.660. The maximum Gasteiger partial charge on any atom is 0.223 e. The molecule has 124 valence electrons. The topological polar surface area (TPSA) is 58.2 Å². The van der Waals surface area contributed by atoms with Crippen LogP contribution in [0, 0.1) is 11.8 Å². The normalized spacial score (nSPS) is 19.3. The molecule has 2 aliphatic carbocycles. The average Bonchev–Trinajstić information content (AvgIpc) is 2.42. The van der Waals surface area contributed by atoms with Crippen LogP contribution in [-0.2, 0) is 16.0 Å². The van der Waals surface area contributed by atoms with Gasteiger partial charge in [-0.15, -0.1) is 0 Å². The van der Waals surface area contributed by atoms with Crippen molar-refractivity contribution in [1.82, 2.24) is 10.6 Å². The number of hydrogen-bond donors (Lipinski definition) is 2. The van der Waals surface area contributed by atoms with Crippen LogP contribution in [0.2, 0.25) is 0 Å². The molecule has 2 saturated carbocycles. The Bertz CT molecular complexity index is 536. The van der Waals surface area contributed by atoms with Crippen molar-refractivity contribution in [3.05, 3.63) is 35.9 Å². The Hall–Kier alpha value is -1.84. The lowest BCUT2D eigenvalue weighted by Gasteiger charge is -2.29. The number of hydrogen-bond acceptors (Lipinski definition) is 2. The van der Waals surface area contributed by atoms with Crippen molar-refractivity contribution in [3.63, 3.8) is 0 Å². The van der Waals surface area contributed by atoms with Gasteiger partial charge in [-0.3, -0.25) is 9.59 Å². The fraction of sp³-hybridized carbons (Fsp3) is 0.579. The zero-order valence-corrected chi connectivity index (χ0v) is 13.6. The molecular weight excluding hydrogens is 288 g/mol. The van der Waals surface area contributed by atoms with Gasteiger partial charge in [-0.1, -0.05) is 43.2 Å². The van der Waals surface area contributed by atoms with Crippen LogP contribution < -0.4 is 10.6 Å². The number of benzene rings is 1. The lowest BCUT2D eigenvalue weighted by molar-refractivity contribution is -0.130. The van der Waals surface area contributed by atoms with E-state index in [1.807, 2.05) is 18.2 Å². The Labute approximate surface area is 138 Å². The zero-order chi connectivity index (χ0) is 16.1. The molecule has 0 saturated heterocycles. The summed E-state index contributed by atoms with van der Waals surface area (Å²) in [6, 6.07) is 10.1. The third-order valence-corrected chi connectivity index (χ3v) is 5.15.